The lowest BCUT2D eigenvalue weighted by Gasteiger charge is -2.19. The molecule has 1 aliphatic rings. The molecule has 0 amide bonds. The Balaban J connectivity index is 2.33. The van der Waals surface area contributed by atoms with E-state index in [1.165, 1.54) is 14.2 Å². The molecule has 0 bridgehead atoms. The van der Waals surface area contributed by atoms with E-state index in [9.17, 15) is 13.2 Å². The zero-order chi connectivity index (χ0) is 15.8. The summed E-state index contributed by atoms with van der Waals surface area (Å²) in [5.41, 5.74) is -0.671. The van der Waals surface area contributed by atoms with Crippen LogP contribution in [0.5, 0.6) is 5.06 Å². The zero-order valence-electron chi connectivity index (χ0n) is 12.3. The molecular formula is C12H18N2O5S2. The number of thiazole rings is 1. The summed E-state index contributed by atoms with van der Waals surface area (Å²) in [6.07, 6.45) is 1.33. The second-order valence-electron chi connectivity index (χ2n) is 5.32. The fraction of sp³-hybridized carbons (Fsp3) is 0.667. The first-order valence-corrected chi connectivity index (χ1v) is 8.74. The van der Waals surface area contributed by atoms with Crippen LogP contribution in [0.3, 0.4) is 0 Å². The molecule has 1 N–H and O–H groups in total. The zero-order valence-corrected chi connectivity index (χ0v) is 13.9. The number of carbonyl (C=O) groups is 1. The van der Waals surface area contributed by atoms with Gasteiger partial charge < -0.3 is 9.47 Å². The molecule has 0 spiro atoms. The van der Waals surface area contributed by atoms with Crippen LogP contribution in [0.2, 0.25) is 0 Å². The lowest BCUT2D eigenvalue weighted by Crippen LogP contribution is -2.31. The van der Waals surface area contributed by atoms with Crippen LogP contribution in [0.25, 0.3) is 0 Å². The number of rotatable bonds is 6. The van der Waals surface area contributed by atoms with E-state index in [0.29, 0.717) is 23.6 Å². The van der Waals surface area contributed by atoms with E-state index in [2.05, 4.69) is 9.71 Å². The number of nitrogens with zero attached hydrogens (tertiary/aromatic N) is 1. The Bertz CT molecular complexity index is 647. The van der Waals surface area contributed by atoms with Crippen molar-refractivity contribution in [2.45, 2.75) is 37.4 Å². The van der Waals surface area contributed by atoms with Crippen molar-refractivity contribution in [1.29, 1.82) is 0 Å². The molecule has 1 aromatic rings. The quantitative estimate of drug-likeness (QED) is 0.792. The van der Waals surface area contributed by atoms with Gasteiger partial charge in [0.25, 0.3) is 0 Å². The van der Waals surface area contributed by atoms with Crippen LogP contribution in [0.1, 0.15) is 32.4 Å². The molecule has 9 heteroatoms. The van der Waals surface area contributed by atoms with Crippen LogP contribution >= 0.6 is 11.3 Å². The number of ether oxygens (including phenoxy) is 2. The van der Waals surface area contributed by atoms with Gasteiger partial charge in [0.05, 0.1) is 19.5 Å². The SMILES string of the molecule is COC(=O)C(C)(C)c1nc(NS(=O)(=O)C2CC2)sc1OC. The molecule has 0 aliphatic heterocycles. The minimum Gasteiger partial charge on any atom is -0.486 e. The highest BCUT2D eigenvalue weighted by Gasteiger charge is 2.39. The summed E-state index contributed by atoms with van der Waals surface area (Å²) in [4.78, 5) is 16.1. The molecule has 1 aromatic heterocycles. The van der Waals surface area contributed by atoms with Crippen molar-refractivity contribution < 1.29 is 22.7 Å². The molecule has 0 unspecified atom stereocenters. The fourth-order valence-corrected chi connectivity index (χ4v) is 4.34. The van der Waals surface area contributed by atoms with Crippen LogP contribution in [0.15, 0.2) is 0 Å². The highest BCUT2D eigenvalue weighted by molar-refractivity contribution is 7.93. The van der Waals surface area contributed by atoms with Crippen molar-refractivity contribution in [3.63, 3.8) is 0 Å². The average molecular weight is 334 g/mol. The van der Waals surface area contributed by atoms with Crippen molar-refractivity contribution in [3.8, 4) is 5.06 Å². The van der Waals surface area contributed by atoms with Gasteiger partial charge >= 0.3 is 5.97 Å². The second kappa shape index (κ2) is 5.45. The number of nitrogens with one attached hydrogen (secondary N) is 1. The highest BCUT2D eigenvalue weighted by atomic mass is 32.2. The standard InChI is InChI=1S/C12H18N2O5S2/c1-12(2,10(15)19-4)8-9(18-3)20-11(13-8)14-21(16,17)7-5-6-7/h7H,5-6H2,1-4H3,(H,13,14). The van der Waals surface area contributed by atoms with Gasteiger partial charge in [-0.3, -0.25) is 9.52 Å². The van der Waals surface area contributed by atoms with E-state index in [1.807, 2.05) is 0 Å². The summed E-state index contributed by atoms with van der Waals surface area (Å²) in [6.45, 7) is 3.30. The van der Waals surface area contributed by atoms with Crippen LogP contribution in [-0.2, 0) is 25.0 Å². The van der Waals surface area contributed by atoms with Crippen LogP contribution in [0.4, 0.5) is 5.13 Å². The molecule has 1 heterocycles. The average Bonchev–Trinajstić information content (AvgIpc) is 3.20. The van der Waals surface area contributed by atoms with Crippen molar-refractivity contribution in [2.24, 2.45) is 0 Å². The van der Waals surface area contributed by atoms with Crippen LogP contribution in [0, 0.1) is 0 Å². The molecule has 2 rings (SSSR count). The van der Waals surface area contributed by atoms with Crippen molar-refractivity contribution in [2.75, 3.05) is 18.9 Å². The number of methoxy groups -OCH3 is 2. The maximum Gasteiger partial charge on any atom is 0.317 e. The number of carbonyl (C=O) groups excluding carboxylic acids is 1. The van der Waals surface area contributed by atoms with Gasteiger partial charge in [0.2, 0.25) is 10.0 Å². The maximum atomic E-state index is 11.9. The molecule has 118 valence electrons. The highest BCUT2D eigenvalue weighted by Crippen LogP contribution is 2.40. The summed E-state index contributed by atoms with van der Waals surface area (Å²) >= 11 is 1.05. The normalized spacial score (nSPS) is 15.6. The van der Waals surface area contributed by atoms with Gasteiger partial charge in [-0.1, -0.05) is 11.3 Å². The van der Waals surface area contributed by atoms with Gasteiger partial charge in [-0.05, 0) is 26.7 Å². The summed E-state index contributed by atoms with van der Waals surface area (Å²) in [5, 5.41) is 0.245. The van der Waals surface area contributed by atoms with Gasteiger partial charge in [-0.15, -0.1) is 0 Å². The Morgan fingerprint density at radius 2 is 2.00 bits per heavy atom. The summed E-state index contributed by atoms with van der Waals surface area (Å²) < 4.78 is 36.3. The number of aromatic nitrogens is 1. The van der Waals surface area contributed by atoms with E-state index >= 15 is 0 Å². The Labute approximate surface area is 127 Å². The van der Waals surface area contributed by atoms with Crippen molar-refractivity contribution in [1.82, 2.24) is 4.98 Å². The van der Waals surface area contributed by atoms with E-state index in [0.717, 1.165) is 11.3 Å². The summed E-state index contributed by atoms with van der Waals surface area (Å²) in [5.74, 6) is -0.470. The maximum absolute atomic E-state index is 11.9. The lowest BCUT2D eigenvalue weighted by molar-refractivity contribution is -0.146. The summed E-state index contributed by atoms with van der Waals surface area (Å²) in [7, 11) is -0.658. The molecule has 7 nitrogen and oxygen atoms in total. The van der Waals surface area contributed by atoms with Crippen LogP contribution < -0.4 is 9.46 Å². The molecule has 0 saturated heterocycles. The number of esters is 1. The third-order valence-corrected chi connectivity index (χ3v) is 6.15. The van der Waals surface area contributed by atoms with Gasteiger partial charge in [0, 0.05) is 0 Å². The monoisotopic (exact) mass is 334 g/mol. The largest absolute Gasteiger partial charge is 0.486 e. The molecule has 0 aromatic carbocycles. The second-order valence-corrected chi connectivity index (χ2v) is 8.24. The first kappa shape index (κ1) is 16.0. The smallest absolute Gasteiger partial charge is 0.317 e. The molecule has 1 saturated carbocycles. The van der Waals surface area contributed by atoms with E-state index in [4.69, 9.17) is 9.47 Å². The van der Waals surface area contributed by atoms with Gasteiger partial charge in [-0.2, -0.15) is 0 Å². The Kier molecular flexibility index (Phi) is 4.16. The minimum atomic E-state index is -3.40. The molecule has 1 fully saturated rings. The van der Waals surface area contributed by atoms with Gasteiger partial charge in [0.15, 0.2) is 10.2 Å². The fourth-order valence-electron chi connectivity index (χ4n) is 1.82. The van der Waals surface area contributed by atoms with E-state index in [-0.39, 0.29) is 10.4 Å². The first-order valence-electron chi connectivity index (χ1n) is 6.37. The Morgan fingerprint density at radius 3 is 2.48 bits per heavy atom. The predicted octanol–water partition coefficient (Wildman–Crippen LogP) is 1.51. The third-order valence-electron chi connectivity index (χ3n) is 3.26. The number of hydrogen-bond acceptors (Lipinski definition) is 7. The summed E-state index contributed by atoms with van der Waals surface area (Å²) in [6, 6.07) is 0. The third kappa shape index (κ3) is 3.13. The Morgan fingerprint density at radius 1 is 1.38 bits per heavy atom. The number of hydrogen-bond donors (Lipinski definition) is 1. The molecular weight excluding hydrogens is 316 g/mol. The topological polar surface area (TPSA) is 94.6 Å². The molecule has 21 heavy (non-hydrogen) atoms. The lowest BCUT2D eigenvalue weighted by atomic mass is 9.90. The van der Waals surface area contributed by atoms with E-state index in [1.54, 1.807) is 13.8 Å². The first-order chi connectivity index (χ1) is 9.72. The molecule has 0 radical (unpaired) electrons. The van der Waals surface area contributed by atoms with Crippen LogP contribution in [-0.4, -0.2) is 38.8 Å². The van der Waals surface area contributed by atoms with Crippen molar-refractivity contribution >= 4 is 32.5 Å². The van der Waals surface area contributed by atoms with Gasteiger partial charge in [0.1, 0.15) is 11.1 Å². The number of anilines is 1. The van der Waals surface area contributed by atoms with Crippen molar-refractivity contribution in [3.05, 3.63) is 5.69 Å². The minimum absolute atomic E-state index is 0.200. The van der Waals surface area contributed by atoms with Gasteiger partial charge in [-0.25, -0.2) is 13.4 Å². The molecule has 1 aliphatic carbocycles. The number of sulfonamides is 1. The molecule has 0 atom stereocenters. The predicted molar refractivity (Wildman–Crippen MR) is 79.3 cm³/mol. The Hall–Kier alpha value is -1.35. The van der Waals surface area contributed by atoms with E-state index < -0.39 is 21.4 Å².